The highest BCUT2D eigenvalue weighted by Gasteiger charge is 2.10. The summed E-state index contributed by atoms with van der Waals surface area (Å²) in [7, 11) is 1.77. The Kier molecular flexibility index (Phi) is 1.59. The lowest BCUT2D eigenvalue weighted by Crippen LogP contribution is -2.20. The van der Waals surface area contributed by atoms with Gasteiger partial charge in [-0.05, 0) is 0 Å². The second kappa shape index (κ2) is 1.61. The van der Waals surface area contributed by atoms with Gasteiger partial charge in [0.15, 0.2) is 5.60 Å². The Hall–Kier alpha value is -0.0400. The summed E-state index contributed by atoms with van der Waals surface area (Å²) in [6, 6.07) is 0. The largest absolute Gasteiger partial charge is 0.432 e. The molecule has 0 fully saturated rings. The van der Waals surface area contributed by atoms with Crippen molar-refractivity contribution in [3.05, 3.63) is 6.92 Å². The Morgan fingerprint density at radius 2 is 1.67 bits per heavy atom. The van der Waals surface area contributed by atoms with E-state index in [-0.39, 0.29) is 5.60 Å². The summed E-state index contributed by atoms with van der Waals surface area (Å²) in [4.78, 5) is 0. The standard InChI is InChI=1S/C5H11O/c1-5(2,3)6-4/h1H2,2-4H3/p+1. The quantitative estimate of drug-likeness (QED) is 0.420. The Balaban J connectivity index is 3.17. The lowest BCUT2D eigenvalue weighted by molar-refractivity contribution is -0.0951. The van der Waals surface area contributed by atoms with Gasteiger partial charge in [0.25, 0.3) is 0 Å². The number of ether oxygens (including phenoxy) is 1. The van der Waals surface area contributed by atoms with E-state index in [9.17, 15) is 0 Å². The van der Waals surface area contributed by atoms with Gasteiger partial charge in [-0.25, -0.2) is 0 Å². The molecule has 1 N–H and O–H groups in total. The van der Waals surface area contributed by atoms with E-state index >= 15 is 0 Å². The van der Waals surface area contributed by atoms with E-state index in [0.29, 0.717) is 0 Å². The Labute approximate surface area is 39.3 Å². The second-order valence-electron chi connectivity index (χ2n) is 2.04. The molecule has 0 saturated heterocycles. The molecule has 1 heteroatoms. The maximum absolute atomic E-state index is 3.91. The Morgan fingerprint density at radius 3 is 1.67 bits per heavy atom. The zero-order valence-electron chi connectivity index (χ0n) is 4.65. The summed E-state index contributed by atoms with van der Waals surface area (Å²) in [5.74, 6) is 0. The van der Waals surface area contributed by atoms with E-state index in [1.54, 1.807) is 7.11 Å². The van der Waals surface area contributed by atoms with Crippen LogP contribution in [-0.4, -0.2) is 17.4 Å². The molecule has 0 aromatic rings. The number of rotatable bonds is 1. The molecule has 0 rings (SSSR count). The minimum atomic E-state index is -0.0833. The molecule has 0 bridgehead atoms. The monoisotopic (exact) mass is 88.1 g/mol. The van der Waals surface area contributed by atoms with Crippen molar-refractivity contribution in [2.24, 2.45) is 0 Å². The Bertz CT molecular complexity index is 33.7. The molecule has 1 nitrogen and oxygen atoms in total. The molecule has 0 heterocycles. The summed E-state index contributed by atoms with van der Waals surface area (Å²) in [5.41, 5.74) is -0.0833. The van der Waals surface area contributed by atoms with Crippen molar-refractivity contribution in [2.75, 3.05) is 7.11 Å². The van der Waals surface area contributed by atoms with Gasteiger partial charge < -0.3 is 4.74 Å². The van der Waals surface area contributed by atoms with Gasteiger partial charge in [-0.3, -0.25) is 0 Å². The van der Waals surface area contributed by atoms with E-state index in [0.717, 1.165) is 0 Å². The second-order valence-corrected chi connectivity index (χ2v) is 2.04. The third-order valence-electron chi connectivity index (χ3n) is 0.605. The first-order valence-electron chi connectivity index (χ1n) is 2.02. The van der Waals surface area contributed by atoms with Gasteiger partial charge in [-0.1, -0.05) is 0 Å². The van der Waals surface area contributed by atoms with Crippen molar-refractivity contribution in [2.45, 2.75) is 19.4 Å². The van der Waals surface area contributed by atoms with Crippen LogP contribution < -0.4 is 0 Å². The van der Waals surface area contributed by atoms with E-state index in [1.807, 2.05) is 13.8 Å². The molecule has 0 unspecified atom stereocenters. The van der Waals surface area contributed by atoms with Crippen molar-refractivity contribution in [1.29, 1.82) is 0 Å². The van der Waals surface area contributed by atoms with Crippen LogP contribution >= 0.6 is 0 Å². The lowest BCUT2D eigenvalue weighted by atomic mass is 10.2. The highest BCUT2D eigenvalue weighted by Crippen LogP contribution is 1.97. The van der Waals surface area contributed by atoms with E-state index in [4.69, 9.17) is 0 Å². The minimum Gasteiger partial charge on any atom is -0.432 e. The highest BCUT2D eigenvalue weighted by molar-refractivity contribution is 4.66. The fraction of sp³-hybridized carbons (Fsp3) is 0.800. The summed E-state index contributed by atoms with van der Waals surface area (Å²) < 4.78 is 3.91. The molecule has 37 valence electrons. The molecule has 0 aliphatic carbocycles. The van der Waals surface area contributed by atoms with Crippen molar-refractivity contribution in [3.63, 3.8) is 0 Å². The lowest BCUT2D eigenvalue weighted by Gasteiger charge is -2.09. The number of aliphatic hydroxyl groups is 2. The maximum atomic E-state index is 3.91. The molecule has 0 aromatic heterocycles. The van der Waals surface area contributed by atoms with E-state index in [1.165, 1.54) is 0 Å². The molecule has 0 spiro atoms. The van der Waals surface area contributed by atoms with Crippen molar-refractivity contribution in [3.8, 4) is 0 Å². The van der Waals surface area contributed by atoms with Gasteiger partial charge in [-0.15, -0.1) is 0 Å². The molecular weight excluding hydrogens is 76.1 g/mol. The first kappa shape index (κ1) is 5.96. The average molecular weight is 88.1 g/mol. The van der Waals surface area contributed by atoms with Gasteiger partial charge in [0, 0.05) is 20.8 Å². The van der Waals surface area contributed by atoms with Gasteiger partial charge in [0.1, 0.15) is 7.11 Å². The fourth-order valence-electron chi connectivity index (χ4n) is 0. The van der Waals surface area contributed by atoms with Crippen LogP contribution in [0, 0.1) is 6.92 Å². The molecule has 0 saturated carbocycles. The minimum absolute atomic E-state index is 0.0833. The normalized spacial score (nSPS) is 12.0. The first-order valence-corrected chi connectivity index (χ1v) is 2.02. The fourth-order valence-corrected chi connectivity index (χ4v) is 0. The van der Waals surface area contributed by atoms with Crippen LogP contribution in [0.3, 0.4) is 0 Å². The smallest absolute Gasteiger partial charge is 0.159 e. The molecule has 0 aliphatic heterocycles. The highest BCUT2D eigenvalue weighted by atomic mass is 16.5. The first-order chi connectivity index (χ1) is 2.56. The van der Waals surface area contributed by atoms with Gasteiger partial charge in [0.05, 0.1) is 0 Å². The summed E-state index contributed by atoms with van der Waals surface area (Å²) >= 11 is 0. The predicted octanol–water partition coefficient (Wildman–Crippen LogP) is 0.757. The van der Waals surface area contributed by atoms with Crippen LogP contribution in [0.1, 0.15) is 13.8 Å². The van der Waals surface area contributed by atoms with Gasteiger partial charge in [-0.2, -0.15) is 0 Å². The van der Waals surface area contributed by atoms with Crippen molar-refractivity contribution < 1.29 is 4.74 Å². The molecule has 0 aliphatic rings. The zero-order valence-corrected chi connectivity index (χ0v) is 4.65. The Morgan fingerprint density at radius 1 is 1.50 bits per heavy atom. The molecule has 0 amide bonds. The van der Waals surface area contributed by atoms with Crippen molar-refractivity contribution >= 4 is 0 Å². The molecule has 1 radical (unpaired) electrons. The van der Waals surface area contributed by atoms with Crippen LogP contribution in [-0.2, 0) is 0 Å². The third-order valence-corrected chi connectivity index (χ3v) is 0.605. The summed E-state index contributed by atoms with van der Waals surface area (Å²) in [6.07, 6.45) is 0. The van der Waals surface area contributed by atoms with Crippen LogP contribution in [0.5, 0.6) is 0 Å². The average Bonchev–Trinajstić information content (AvgIpc) is 1.35. The SMILES string of the molecule is [CH2]C(C)(C)[OH+]C. The van der Waals surface area contributed by atoms with Crippen LogP contribution in [0.4, 0.5) is 0 Å². The maximum Gasteiger partial charge on any atom is 0.159 e. The van der Waals surface area contributed by atoms with Crippen LogP contribution in [0.15, 0.2) is 0 Å². The third kappa shape index (κ3) is 3.96. The van der Waals surface area contributed by atoms with Crippen molar-refractivity contribution in [1.82, 2.24) is 0 Å². The topological polar surface area (TPSA) is 12.8 Å². The number of hydrogen-bond acceptors (Lipinski definition) is 0. The van der Waals surface area contributed by atoms with Gasteiger partial charge >= 0.3 is 0 Å². The van der Waals surface area contributed by atoms with Crippen LogP contribution in [0.25, 0.3) is 0 Å². The van der Waals surface area contributed by atoms with E-state index in [2.05, 4.69) is 11.7 Å². The molecule has 6 heavy (non-hydrogen) atoms. The molecule has 0 atom stereocenters. The molecule has 0 aromatic carbocycles. The zero-order chi connectivity index (χ0) is 5.21. The number of hydrogen-bond donors (Lipinski definition) is 0. The van der Waals surface area contributed by atoms with Gasteiger partial charge in [0.2, 0.25) is 0 Å². The molecular formula is C5H12O+. The van der Waals surface area contributed by atoms with E-state index < -0.39 is 0 Å². The summed E-state index contributed by atoms with van der Waals surface area (Å²) in [6.45, 7) is 7.65. The summed E-state index contributed by atoms with van der Waals surface area (Å²) in [5, 5.41) is 0. The van der Waals surface area contributed by atoms with Crippen LogP contribution in [0.2, 0.25) is 0 Å². The predicted molar refractivity (Wildman–Crippen MR) is 27.6 cm³/mol.